The first-order valence-electron chi connectivity index (χ1n) is 7.86. The number of halogens is 3. The maximum Gasteiger partial charge on any atom is 0.206 e. The van der Waals surface area contributed by atoms with Gasteiger partial charge in [0.25, 0.3) is 0 Å². The standard InChI is InChI=1S/C15H16Cl3N3O4/c16-6-3-7-11(10(18)9(6)17)20-15(19-5-1-2-5)21(7)14-13(24)12(23)8(4-22)25-14/h3,5,8,12-14,22-24H,1-2,4H2,(H,19,20)/t8-,12-,13-,14-/m1/s1. The molecule has 1 saturated heterocycles. The minimum atomic E-state index is -1.25. The number of anilines is 1. The van der Waals surface area contributed by atoms with E-state index in [-0.39, 0.29) is 21.1 Å². The lowest BCUT2D eigenvalue weighted by Gasteiger charge is -2.20. The molecule has 2 aromatic rings. The molecule has 1 aliphatic carbocycles. The van der Waals surface area contributed by atoms with Crippen LogP contribution in [0.3, 0.4) is 0 Å². The topological polar surface area (TPSA) is 99.8 Å². The van der Waals surface area contributed by atoms with E-state index >= 15 is 0 Å². The van der Waals surface area contributed by atoms with Crippen molar-refractivity contribution < 1.29 is 20.1 Å². The van der Waals surface area contributed by atoms with Gasteiger partial charge in [0.2, 0.25) is 5.95 Å². The van der Waals surface area contributed by atoms with Crippen LogP contribution in [0, 0.1) is 0 Å². The molecule has 4 atom stereocenters. The van der Waals surface area contributed by atoms with E-state index in [2.05, 4.69) is 10.3 Å². The van der Waals surface area contributed by atoms with Crippen molar-refractivity contribution in [3.05, 3.63) is 21.1 Å². The van der Waals surface area contributed by atoms with Crippen LogP contribution in [0.5, 0.6) is 0 Å². The first-order chi connectivity index (χ1) is 11.9. The van der Waals surface area contributed by atoms with Gasteiger partial charge in [-0.1, -0.05) is 34.8 Å². The van der Waals surface area contributed by atoms with E-state index in [1.807, 2.05) is 0 Å². The highest BCUT2D eigenvalue weighted by Gasteiger charge is 2.45. The van der Waals surface area contributed by atoms with Gasteiger partial charge in [-0.15, -0.1) is 0 Å². The van der Waals surface area contributed by atoms with E-state index in [0.717, 1.165) is 12.8 Å². The van der Waals surface area contributed by atoms with Gasteiger partial charge in [-0.25, -0.2) is 4.98 Å². The SMILES string of the molecule is OC[C@H]1O[C@@H](n2c(NC3CC3)nc3c(Cl)c(Cl)c(Cl)cc32)[C@H](O)[C@@H]1O. The van der Waals surface area contributed by atoms with E-state index in [0.29, 0.717) is 17.0 Å². The summed E-state index contributed by atoms with van der Waals surface area (Å²) in [5, 5.41) is 33.7. The number of hydrogen-bond donors (Lipinski definition) is 4. The zero-order chi connectivity index (χ0) is 17.9. The smallest absolute Gasteiger partial charge is 0.206 e. The molecule has 0 radical (unpaired) electrons. The quantitative estimate of drug-likeness (QED) is 0.579. The number of fused-ring (bicyclic) bond motifs is 1. The second-order valence-electron chi connectivity index (χ2n) is 6.31. The average Bonchev–Trinajstić information content (AvgIpc) is 3.28. The van der Waals surface area contributed by atoms with Gasteiger partial charge in [0.1, 0.15) is 23.8 Å². The number of ether oxygens (including phenoxy) is 1. The molecule has 1 saturated carbocycles. The monoisotopic (exact) mass is 407 g/mol. The first-order valence-corrected chi connectivity index (χ1v) is 9.00. The van der Waals surface area contributed by atoms with Crippen molar-refractivity contribution >= 4 is 51.8 Å². The summed E-state index contributed by atoms with van der Waals surface area (Å²) in [6, 6.07) is 1.86. The van der Waals surface area contributed by atoms with Gasteiger partial charge in [0.05, 0.1) is 27.2 Å². The summed E-state index contributed by atoms with van der Waals surface area (Å²) in [6.45, 7) is -0.417. The Morgan fingerprint density at radius 3 is 2.52 bits per heavy atom. The Bertz CT molecular complexity index is 826. The third-order valence-corrected chi connectivity index (χ3v) is 5.76. The lowest BCUT2D eigenvalue weighted by molar-refractivity contribution is -0.0499. The predicted molar refractivity (Wildman–Crippen MR) is 94.4 cm³/mol. The third kappa shape index (κ3) is 2.88. The molecule has 0 unspecified atom stereocenters. The van der Waals surface area contributed by atoms with Crippen LogP contribution in [-0.4, -0.2) is 55.8 Å². The summed E-state index contributed by atoms with van der Waals surface area (Å²) in [6.07, 6.45) is -2.30. The summed E-state index contributed by atoms with van der Waals surface area (Å²) >= 11 is 18.5. The van der Waals surface area contributed by atoms with Crippen molar-refractivity contribution in [1.82, 2.24) is 9.55 Å². The number of aromatic nitrogens is 2. The van der Waals surface area contributed by atoms with Crippen molar-refractivity contribution in [2.24, 2.45) is 0 Å². The van der Waals surface area contributed by atoms with E-state index in [4.69, 9.17) is 39.5 Å². The molecule has 25 heavy (non-hydrogen) atoms. The van der Waals surface area contributed by atoms with E-state index in [9.17, 15) is 15.3 Å². The van der Waals surface area contributed by atoms with Crippen LogP contribution in [0.1, 0.15) is 19.1 Å². The number of benzene rings is 1. The molecule has 10 heteroatoms. The minimum absolute atomic E-state index is 0.194. The molecule has 0 spiro atoms. The van der Waals surface area contributed by atoms with Crippen molar-refractivity contribution in [3.63, 3.8) is 0 Å². The molecule has 1 aliphatic heterocycles. The molecular weight excluding hydrogens is 393 g/mol. The molecule has 2 heterocycles. The van der Waals surface area contributed by atoms with Crippen LogP contribution in [0.4, 0.5) is 5.95 Å². The molecule has 4 rings (SSSR count). The minimum Gasteiger partial charge on any atom is -0.394 e. The Morgan fingerprint density at radius 2 is 1.92 bits per heavy atom. The van der Waals surface area contributed by atoms with Crippen LogP contribution < -0.4 is 5.32 Å². The Kier molecular flexibility index (Phi) is 4.52. The summed E-state index contributed by atoms with van der Waals surface area (Å²) in [5.74, 6) is 0.438. The fourth-order valence-corrected chi connectivity index (χ4v) is 3.63. The fourth-order valence-electron chi connectivity index (χ4n) is 3.00. The van der Waals surface area contributed by atoms with E-state index in [1.54, 1.807) is 10.6 Å². The number of imidazole rings is 1. The molecular formula is C15H16Cl3N3O4. The number of hydrogen-bond acceptors (Lipinski definition) is 6. The zero-order valence-corrected chi connectivity index (χ0v) is 15.1. The van der Waals surface area contributed by atoms with Crippen LogP contribution in [0.15, 0.2) is 6.07 Å². The second kappa shape index (κ2) is 6.42. The maximum absolute atomic E-state index is 10.4. The highest BCUT2D eigenvalue weighted by atomic mass is 35.5. The molecule has 1 aromatic heterocycles. The number of nitrogens with zero attached hydrogens (tertiary/aromatic N) is 2. The number of rotatable bonds is 4. The van der Waals surface area contributed by atoms with Crippen molar-refractivity contribution in [2.45, 2.75) is 43.4 Å². The van der Waals surface area contributed by atoms with Crippen LogP contribution in [0.2, 0.25) is 15.1 Å². The van der Waals surface area contributed by atoms with Gasteiger partial charge < -0.3 is 25.4 Å². The summed E-state index contributed by atoms with van der Waals surface area (Å²) < 4.78 is 7.26. The van der Waals surface area contributed by atoms with Crippen molar-refractivity contribution in [1.29, 1.82) is 0 Å². The molecule has 7 nitrogen and oxygen atoms in total. The molecule has 0 bridgehead atoms. The molecule has 2 fully saturated rings. The predicted octanol–water partition coefficient (Wildman–Crippen LogP) is 2.18. The number of aliphatic hydroxyl groups excluding tert-OH is 3. The highest BCUT2D eigenvalue weighted by Crippen LogP contribution is 2.42. The number of nitrogens with one attached hydrogen (secondary N) is 1. The van der Waals surface area contributed by atoms with Crippen molar-refractivity contribution in [3.8, 4) is 0 Å². The molecule has 0 amide bonds. The van der Waals surface area contributed by atoms with Gasteiger partial charge >= 0.3 is 0 Å². The Morgan fingerprint density at radius 1 is 1.20 bits per heavy atom. The summed E-state index contributed by atoms with van der Waals surface area (Å²) in [7, 11) is 0. The molecule has 1 aromatic carbocycles. The lowest BCUT2D eigenvalue weighted by Crippen LogP contribution is -2.33. The van der Waals surface area contributed by atoms with Gasteiger partial charge in [0.15, 0.2) is 6.23 Å². The van der Waals surface area contributed by atoms with Gasteiger partial charge in [-0.05, 0) is 18.9 Å². The number of aliphatic hydroxyl groups is 3. The Labute approximate surface area is 158 Å². The maximum atomic E-state index is 10.4. The van der Waals surface area contributed by atoms with Gasteiger partial charge in [-0.2, -0.15) is 0 Å². The highest BCUT2D eigenvalue weighted by molar-refractivity contribution is 6.50. The molecule has 4 N–H and O–H groups in total. The fraction of sp³-hybridized carbons (Fsp3) is 0.533. The molecule has 2 aliphatic rings. The van der Waals surface area contributed by atoms with Crippen LogP contribution in [-0.2, 0) is 4.74 Å². The summed E-state index contributed by atoms with van der Waals surface area (Å²) in [5.41, 5.74) is 0.925. The first kappa shape index (κ1) is 17.6. The van der Waals surface area contributed by atoms with Crippen molar-refractivity contribution in [2.75, 3.05) is 11.9 Å². The largest absolute Gasteiger partial charge is 0.394 e. The third-order valence-electron chi connectivity index (χ3n) is 4.50. The normalized spacial score (nSPS) is 29.5. The zero-order valence-electron chi connectivity index (χ0n) is 12.9. The molecule has 136 valence electrons. The average molecular weight is 409 g/mol. The lowest BCUT2D eigenvalue weighted by atomic mass is 10.1. The van der Waals surface area contributed by atoms with Gasteiger partial charge in [0, 0.05) is 6.04 Å². The van der Waals surface area contributed by atoms with Crippen LogP contribution in [0.25, 0.3) is 11.0 Å². The van der Waals surface area contributed by atoms with E-state index < -0.39 is 31.1 Å². The van der Waals surface area contributed by atoms with E-state index in [1.165, 1.54) is 0 Å². The van der Waals surface area contributed by atoms with Crippen LogP contribution >= 0.6 is 34.8 Å². The second-order valence-corrected chi connectivity index (χ2v) is 7.47. The van der Waals surface area contributed by atoms with Gasteiger partial charge in [-0.3, -0.25) is 4.57 Å². The Balaban J connectivity index is 1.88. The Hall–Kier alpha value is -0.800. The summed E-state index contributed by atoms with van der Waals surface area (Å²) in [4.78, 5) is 4.49.